The second-order valence-electron chi connectivity index (χ2n) is 8.71. The van der Waals surface area contributed by atoms with Gasteiger partial charge in [0.15, 0.2) is 0 Å². The number of aliphatic carboxylic acids is 1. The number of hydrogen-bond donors (Lipinski definition) is 3. The van der Waals surface area contributed by atoms with Crippen LogP contribution >= 0.6 is 11.3 Å². The fraction of sp³-hybridized carbons (Fsp3) is 0.519. The minimum absolute atomic E-state index is 0.0852. The zero-order valence-electron chi connectivity index (χ0n) is 20.3. The van der Waals surface area contributed by atoms with Crippen LogP contribution in [0.15, 0.2) is 36.4 Å². The molecule has 0 unspecified atom stereocenters. The van der Waals surface area contributed by atoms with Crippen LogP contribution in [0.5, 0.6) is 5.75 Å². The molecule has 1 aromatic heterocycles. The zero-order chi connectivity index (χ0) is 25.3. The van der Waals surface area contributed by atoms with Gasteiger partial charge in [0.2, 0.25) is 0 Å². The van der Waals surface area contributed by atoms with Crippen LogP contribution in [0.1, 0.15) is 84.3 Å². The fourth-order valence-electron chi connectivity index (χ4n) is 3.70. The molecular weight excluding hydrogens is 462 g/mol. The first-order valence-electron chi connectivity index (χ1n) is 12.5. The summed E-state index contributed by atoms with van der Waals surface area (Å²) < 4.78 is 5.77. The van der Waals surface area contributed by atoms with Crippen LogP contribution in [-0.4, -0.2) is 36.2 Å². The third kappa shape index (κ3) is 11.9. The maximum Gasteiger partial charge on any atom is 0.320 e. The van der Waals surface area contributed by atoms with Gasteiger partial charge in [-0.2, -0.15) is 5.26 Å². The maximum absolute atomic E-state index is 12.0. The molecule has 0 aliphatic rings. The number of carboxylic acids is 1. The largest absolute Gasteiger partial charge is 0.494 e. The third-order valence-corrected chi connectivity index (χ3v) is 6.75. The summed E-state index contributed by atoms with van der Waals surface area (Å²) in [6.07, 6.45) is 12.0. The number of unbranched alkanes of at least 4 members (excludes halogenated alkanes) is 9. The van der Waals surface area contributed by atoms with Crippen LogP contribution in [0.25, 0.3) is 0 Å². The molecule has 2 aromatic rings. The smallest absolute Gasteiger partial charge is 0.320 e. The first kappa shape index (κ1) is 28.3. The standard InChI is InChI=1S/C27H37N3O4S/c28-20-23-15-16-25(35-23)26(31)30-17-9-7-5-3-1-2-4-6-8-10-18-34-22-13-11-21(12-14-22)19-24(29)27(32)33/h11-16,24H,1-10,17-19,29H2,(H,30,31)(H,32,33)/t24-/m0/s1. The highest BCUT2D eigenvalue weighted by Gasteiger charge is 2.12. The summed E-state index contributed by atoms with van der Waals surface area (Å²) >= 11 is 1.23. The van der Waals surface area contributed by atoms with E-state index in [4.69, 9.17) is 20.8 Å². The normalized spacial score (nSPS) is 11.5. The van der Waals surface area contributed by atoms with Gasteiger partial charge in [-0.15, -0.1) is 11.3 Å². The molecular formula is C27H37N3O4S. The molecule has 35 heavy (non-hydrogen) atoms. The highest BCUT2D eigenvalue weighted by Crippen LogP contribution is 2.16. The van der Waals surface area contributed by atoms with E-state index >= 15 is 0 Å². The number of thiophene rings is 1. The summed E-state index contributed by atoms with van der Waals surface area (Å²) in [7, 11) is 0. The molecule has 7 nitrogen and oxygen atoms in total. The van der Waals surface area contributed by atoms with Crippen molar-refractivity contribution in [1.29, 1.82) is 5.26 Å². The number of carbonyl (C=O) groups is 2. The number of ether oxygens (including phenoxy) is 1. The molecule has 0 bridgehead atoms. The molecule has 0 saturated heterocycles. The molecule has 190 valence electrons. The number of amides is 1. The van der Waals surface area contributed by atoms with Gasteiger partial charge >= 0.3 is 5.97 Å². The molecule has 0 fully saturated rings. The van der Waals surface area contributed by atoms with E-state index in [2.05, 4.69) is 11.4 Å². The SMILES string of the molecule is N#Cc1ccc(C(=O)NCCCCCCCCCCCCOc2ccc(C[C@H](N)C(=O)O)cc2)s1. The topological polar surface area (TPSA) is 125 Å². The first-order chi connectivity index (χ1) is 17.0. The van der Waals surface area contributed by atoms with Crippen molar-refractivity contribution in [2.24, 2.45) is 5.73 Å². The molecule has 1 amide bonds. The van der Waals surface area contributed by atoms with Crippen molar-refractivity contribution >= 4 is 23.2 Å². The maximum atomic E-state index is 12.0. The lowest BCUT2D eigenvalue weighted by Gasteiger charge is -2.09. The van der Waals surface area contributed by atoms with Crippen molar-refractivity contribution in [2.45, 2.75) is 76.7 Å². The number of benzene rings is 1. The van der Waals surface area contributed by atoms with E-state index in [-0.39, 0.29) is 5.91 Å². The lowest BCUT2D eigenvalue weighted by molar-refractivity contribution is -0.138. The lowest BCUT2D eigenvalue weighted by Crippen LogP contribution is -2.32. The number of nitrogens with zero attached hydrogens (tertiary/aromatic N) is 1. The van der Waals surface area contributed by atoms with E-state index in [1.165, 1.54) is 49.9 Å². The Labute approximate surface area is 212 Å². The molecule has 1 aromatic carbocycles. The van der Waals surface area contributed by atoms with E-state index in [1.54, 1.807) is 12.1 Å². The molecule has 1 atom stereocenters. The first-order valence-corrected chi connectivity index (χ1v) is 13.3. The molecule has 8 heteroatoms. The van der Waals surface area contributed by atoms with E-state index < -0.39 is 12.0 Å². The highest BCUT2D eigenvalue weighted by molar-refractivity contribution is 7.14. The van der Waals surface area contributed by atoms with Crippen LogP contribution in [-0.2, 0) is 11.2 Å². The van der Waals surface area contributed by atoms with Crippen LogP contribution < -0.4 is 15.8 Å². The number of nitriles is 1. The average Bonchev–Trinajstić information content (AvgIpc) is 3.34. The third-order valence-electron chi connectivity index (χ3n) is 5.76. The van der Waals surface area contributed by atoms with E-state index in [9.17, 15) is 9.59 Å². The van der Waals surface area contributed by atoms with Gasteiger partial charge in [0.1, 0.15) is 22.7 Å². The molecule has 0 aliphatic carbocycles. The van der Waals surface area contributed by atoms with Gasteiger partial charge in [0, 0.05) is 6.54 Å². The van der Waals surface area contributed by atoms with E-state index in [0.717, 1.165) is 37.0 Å². The Bertz CT molecular complexity index is 937. The average molecular weight is 500 g/mol. The Morgan fingerprint density at radius 2 is 1.54 bits per heavy atom. The van der Waals surface area contributed by atoms with Crippen molar-refractivity contribution in [3.8, 4) is 11.8 Å². The number of nitrogens with one attached hydrogen (secondary N) is 1. The zero-order valence-corrected chi connectivity index (χ0v) is 21.2. The van der Waals surface area contributed by atoms with E-state index in [0.29, 0.717) is 29.3 Å². The summed E-state index contributed by atoms with van der Waals surface area (Å²) in [6.45, 7) is 1.38. The van der Waals surface area contributed by atoms with Gasteiger partial charge < -0.3 is 20.9 Å². The molecule has 4 N–H and O–H groups in total. The summed E-state index contributed by atoms with van der Waals surface area (Å²) in [5.74, 6) is -0.273. The molecule has 0 saturated carbocycles. The van der Waals surface area contributed by atoms with Gasteiger partial charge in [0.05, 0.1) is 11.5 Å². The summed E-state index contributed by atoms with van der Waals surface area (Å²) in [6, 6.07) is 12.0. The van der Waals surface area contributed by atoms with Gasteiger partial charge in [-0.25, -0.2) is 0 Å². The van der Waals surface area contributed by atoms with Crippen LogP contribution in [0.2, 0.25) is 0 Å². The number of rotatable bonds is 18. The van der Waals surface area contributed by atoms with Gasteiger partial charge in [-0.1, -0.05) is 63.5 Å². The van der Waals surface area contributed by atoms with Crippen molar-refractivity contribution in [1.82, 2.24) is 5.32 Å². The second-order valence-corrected chi connectivity index (χ2v) is 9.79. The highest BCUT2D eigenvalue weighted by atomic mass is 32.1. The van der Waals surface area contributed by atoms with Crippen molar-refractivity contribution in [3.05, 3.63) is 51.7 Å². The second kappa shape index (κ2) is 16.7. The fourth-order valence-corrected chi connectivity index (χ4v) is 4.42. The minimum Gasteiger partial charge on any atom is -0.494 e. The van der Waals surface area contributed by atoms with Crippen molar-refractivity contribution in [2.75, 3.05) is 13.2 Å². The number of nitrogens with two attached hydrogens (primary N) is 1. The summed E-state index contributed by atoms with van der Waals surface area (Å²) in [5, 5.41) is 20.6. The number of carboxylic acid groups (broad SMARTS) is 1. The molecule has 1 heterocycles. The minimum atomic E-state index is -0.990. The lowest BCUT2D eigenvalue weighted by atomic mass is 10.1. The number of hydrogen-bond acceptors (Lipinski definition) is 6. The van der Waals surface area contributed by atoms with Gasteiger partial charge in [0.25, 0.3) is 5.91 Å². The van der Waals surface area contributed by atoms with Crippen molar-refractivity contribution in [3.63, 3.8) is 0 Å². The Hall–Kier alpha value is -2.89. The van der Waals surface area contributed by atoms with Crippen LogP contribution in [0.3, 0.4) is 0 Å². The number of carbonyl (C=O) groups excluding carboxylic acids is 1. The molecule has 0 spiro atoms. The molecule has 0 radical (unpaired) electrons. The Balaban J connectivity index is 1.36. The van der Waals surface area contributed by atoms with Gasteiger partial charge in [-0.3, -0.25) is 9.59 Å². The van der Waals surface area contributed by atoms with Crippen LogP contribution in [0.4, 0.5) is 0 Å². The summed E-state index contributed by atoms with van der Waals surface area (Å²) in [4.78, 5) is 24.0. The predicted octanol–water partition coefficient (Wildman–Crippen LogP) is 5.28. The van der Waals surface area contributed by atoms with Gasteiger partial charge in [-0.05, 0) is 49.1 Å². The Kier molecular flexibility index (Phi) is 13.5. The molecule has 0 aliphatic heterocycles. The summed E-state index contributed by atoms with van der Waals surface area (Å²) in [5.41, 5.74) is 6.45. The van der Waals surface area contributed by atoms with E-state index in [1.807, 2.05) is 24.3 Å². The quantitative estimate of drug-likeness (QED) is 0.240. The van der Waals surface area contributed by atoms with Crippen LogP contribution in [0, 0.1) is 11.3 Å². The molecule has 2 rings (SSSR count). The Morgan fingerprint density at radius 1 is 0.943 bits per heavy atom. The monoisotopic (exact) mass is 499 g/mol. The Morgan fingerprint density at radius 3 is 2.11 bits per heavy atom. The predicted molar refractivity (Wildman–Crippen MR) is 139 cm³/mol. The van der Waals surface area contributed by atoms with Crippen molar-refractivity contribution < 1.29 is 19.4 Å².